The van der Waals surface area contributed by atoms with E-state index >= 15 is 0 Å². The Labute approximate surface area is 196 Å². The van der Waals surface area contributed by atoms with E-state index in [9.17, 15) is 4.79 Å². The second-order valence-corrected chi connectivity index (χ2v) is 8.56. The summed E-state index contributed by atoms with van der Waals surface area (Å²) in [5, 5.41) is 5.82. The third kappa shape index (κ3) is 4.82. The molecule has 160 valence electrons. The second kappa shape index (κ2) is 9.51. The lowest BCUT2D eigenvalue weighted by Gasteiger charge is -2.10. The van der Waals surface area contributed by atoms with Gasteiger partial charge in [0.15, 0.2) is 0 Å². The number of amides is 1. The number of hydrogen-bond donors (Lipinski definition) is 1. The van der Waals surface area contributed by atoms with Gasteiger partial charge in [-0.3, -0.25) is 4.79 Å². The molecule has 1 aromatic heterocycles. The SMILES string of the molecule is CC(C)c1ccc(-c2cc(C(=O)N/N=C\c3ccc(Cl)cc3Cl)c3ccccc3n2)cc1. The second-order valence-electron chi connectivity index (χ2n) is 7.71. The van der Waals surface area contributed by atoms with Crippen LogP contribution in [0, 0.1) is 0 Å². The predicted molar refractivity (Wildman–Crippen MR) is 133 cm³/mol. The van der Waals surface area contributed by atoms with Crippen LogP contribution in [0.3, 0.4) is 0 Å². The van der Waals surface area contributed by atoms with Gasteiger partial charge in [0.1, 0.15) is 0 Å². The molecule has 0 saturated heterocycles. The van der Waals surface area contributed by atoms with Gasteiger partial charge in [0, 0.05) is 21.5 Å². The average Bonchev–Trinajstić information content (AvgIpc) is 2.79. The number of para-hydroxylation sites is 1. The molecule has 0 unspecified atom stereocenters. The zero-order valence-electron chi connectivity index (χ0n) is 17.6. The van der Waals surface area contributed by atoms with Crippen molar-refractivity contribution in [1.82, 2.24) is 10.4 Å². The molecule has 6 heteroatoms. The lowest BCUT2D eigenvalue weighted by molar-refractivity contribution is 0.0956. The number of pyridine rings is 1. The number of rotatable bonds is 5. The fourth-order valence-electron chi connectivity index (χ4n) is 3.38. The van der Waals surface area contributed by atoms with Crippen molar-refractivity contribution in [1.29, 1.82) is 0 Å². The number of hydrazone groups is 1. The number of aromatic nitrogens is 1. The fraction of sp³-hybridized carbons (Fsp3) is 0.115. The number of halogens is 2. The van der Waals surface area contributed by atoms with Gasteiger partial charge in [0.2, 0.25) is 0 Å². The molecule has 0 fully saturated rings. The number of carbonyl (C=O) groups excluding carboxylic acids is 1. The van der Waals surface area contributed by atoms with Crippen LogP contribution in [-0.2, 0) is 0 Å². The van der Waals surface area contributed by atoms with Crippen molar-refractivity contribution in [2.24, 2.45) is 5.10 Å². The summed E-state index contributed by atoms with van der Waals surface area (Å²) in [5.74, 6) is 0.118. The Balaban J connectivity index is 1.66. The molecule has 0 bridgehead atoms. The Morgan fingerprint density at radius 2 is 1.75 bits per heavy atom. The maximum atomic E-state index is 13.0. The molecule has 1 amide bonds. The highest BCUT2D eigenvalue weighted by atomic mass is 35.5. The average molecular weight is 462 g/mol. The predicted octanol–water partition coefficient (Wildman–Crippen LogP) is 7.10. The van der Waals surface area contributed by atoms with Gasteiger partial charge in [-0.2, -0.15) is 5.10 Å². The van der Waals surface area contributed by atoms with E-state index in [0.717, 1.165) is 22.2 Å². The van der Waals surface area contributed by atoms with Crippen molar-refractivity contribution < 1.29 is 4.79 Å². The van der Waals surface area contributed by atoms with Crippen molar-refractivity contribution in [3.63, 3.8) is 0 Å². The molecular formula is C26H21Cl2N3O. The first-order chi connectivity index (χ1) is 15.4. The topological polar surface area (TPSA) is 54.4 Å². The lowest BCUT2D eigenvalue weighted by Crippen LogP contribution is -2.18. The van der Waals surface area contributed by atoms with Crippen LogP contribution in [0.4, 0.5) is 0 Å². The van der Waals surface area contributed by atoms with Crippen LogP contribution in [0.25, 0.3) is 22.2 Å². The van der Waals surface area contributed by atoms with E-state index in [0.29, 0.717) is 27.1 Å². The van der Waals surface area contributed by atoms with Gasteiger partial charge < -0.3 is 0 Å². The summed E-state index contributed by atoms with van der Waals surface area (Å²) in [7, 11) is 0. The number of fused-ring (bicyclic) bond motifs is 1. The molecule has 0 saturated carbocycles. The van der Waals surface area contributed by atoms with E-state index in [1.807, 2.05) is 36.4 Å². The molecule has 0 spiro atoms. The minimum Gasteiger partial charge on any atom is -0.267 e. The maximum Gasteiger partial charge on any atom is 0.272 e. The molecule has 0 atom stereocenters. The smallest absolute Gasteiger partial charge is 0.267 e. The molecule has 0 aliphatic heterocycles. The molecule has 1 heterocycles. The Morgan fingerprint density at radius 3 is 2.47 bits per heavy atom. The molecule has 0 radical (unpaired) electrons. The highest BCUT2D eigenvalue weighted by molar-refractivity contribution is 6.36. The van der Waals surface area contributed by atoms with E-state index < -0.39 is 0 Å². The summed E-state index contributed by atoms with van der Waals surface area (Å²) >= 11 is 12.1. The molecule has 3 aromatic carbocycles. The molecule has 1 N–H and O–H groups in total. The summed E-state index contributed by atoms with van der Waals surface area (Å²) in [6.45, 7) is 4.31. The molecule has 32 heavy (non-hydrogen) atoms. The van der Waals surface area contributed by atoms with E-state index in [2.05, 4.69) is 36.5 Å². The number of nitrogens with one attached hydrogen (secondary N) is 1. The normalized spacial score (nSPS) is 11.4. The Bertz CT molecular complexity index is 1310. The first-order valence-electron chi connectivity index (χ1n) is 10.2. The van der Waals surface area contributed by atoms with E-state index in [-0.39, 0.29) is 5.91 Å². The summed E-state index contributed by atoms with van der Waals surface area (Å²) in [6, 6.07) is 22.7. The maximum absolute atomic E-state index is 13.0. The van der Waals surface area contributed by atoms with Gasteiger partial charge in [-0.15, -0.1) is 0 Å². The van der Waals surface area contributed by atoms with Gasteiger partial charge in [0.05, 0.1) is 28.0 Å². The molecule has 0 aliphatic rings. The zero-order valence-corrected chi connectivity index (χ0v) is 19.2. The Hall–Kier alpha value is -3.21. The van der Waals surface area contributed by atoms with Crippen LogP contribution in [0.5, 0.6) is 0 Å². The zero-order chi connectivity index (χ0) is 22.7. The summed E-state index contributed by atoms with van der Waals surface area (Å²) in [4.78, 5) is 17.8. The number of hydrogen-bond acceptors (Lipinski definition) is 3. The Morgan fingerprint density at radius 1 is 1.00 bits per heavy atom. The molecule has 0 aliphatic carbocycles. The minimum absolute atomic E-state index is 0.329. The van der Waals surface area contributed by atoms with Crippen molar-refractivity contribution >= 4 is 46.2 Å². The van der Waals surface area contributed by atoms with Crippen molar-refractivity contribution in [2.45, 2.75) is 19.8 Å². The number of nitrogens with zero attached hydrogens (tertiary/aromatic N) is 2. The fourth-order valence-corrected chi connectivity index (χ4v) is 3.83. The van der Waals surface area contributed by atoms with E-state index in [1.165, 1.54) is 11.8 Å². The van der Waals surface area contributed by atoms with Crippen LogP contribution < -0.4 is 5.43 Å². The first-order valence-corrected chi connectivity index (χ1v) is 11.0. The van der Waals surface area contributed by atoms with Crippen molar-refractivity contribution in [2.75, 3.05) is 0 Å². The van der Waals surface area contributed by atoms with Gasteiger partial charge in [-0.1, -0.05) is 85.6 Å². The third-order valence-electron chi connectivity index (χ3n) is 5.17. The summed E-state index contributed by atoms with van der Waals surface area (Å²) in [6.07, 6.45) is 1.49. The monoisotopic (exact) mass is 461 g/mol. The lowest BCUT2D eigenvalue weighted by atomic mass is 9.99. The third-order valence-corrected chi connectivity index (χ3v) is 5.73. The quantitative estimate of drug-likeness (QED) is 0.254. The summed E-state index contributed by atoms with van der Waals surface area (Å²) < 4.78 is 0. The Kier molecular flexibility index (Phi) is 6.54. The van der Waals surface area contributed by atoms with Crippen LogP contribution in [0.15, 0.2) is 77.9 Å². The largest absolute Gasteiger partial charge is 0.272 e. The van der Waals surface area contributed by atoms with Gasteiger partial charge >= 0.3 is 0 Å². The van der Waals surface area contributed by atoms with Crippen molar-refractivity contribution in [3.8, 4) is 11.3 Å². The van der Waals surface area contributed by atoms with Crippen LogP contribution in [0.2, 0.25) is 10.0 Å². The van der Waals surface area contributed by atoms with Gasteiger partial charge in [-0.25, -0.2) is 10.4 Å². The van der Waals surface area contributed by atoms with Crippen LogP contribution in [-0.4, -0.2) is 17.1 Å². The highest BCUT2D eigenvalue weighted by Gasteiger charge is 2.14. The molecule has 4 nitrogen and oxygen atoms in total. The minimum atomic E-state index is -0.329. The standard InChI is InChI=1S/C26H21Cl2N3O/c1-16(2)17-7-9-18(10-8-17)25-14-22(21-5-3-4-6-24(21)30-25)26(32)31-29-15-19-11-12-20(27)13-23(19)28/h3-16H,1-2H3,(H,31,32)/b29-15-. The number of carbonyl (C=O) groups is 1. The van der Waals surface area contributed by atoms with Crippen LogP contribution >= 0.6 is 23.2 Å². The highest BCUT2D eigenvalue weighted by Crippen LogP contribution is 2.26. The van der Waals surface area contributed by atoms with Gasteiger partial charge in [-0.05, 0) is 35.7 Å². The molecular weight excluding hydrogens is 441 g/mol. The summed E-state index contributed by atoms with van der Waals surface area (Å²) in [5.41, 5.74) is 7.42. The van der Waals surface area contributed by atoms with Crippen LogP contribution in [0.1, 0.15) is 41.3 Å². The first kappa shape index (κ1) is 22.0. The molecule has 4 aromatic rings. The van der Waals surface area contributed by atoms with E-state index in [1.54, 1.807) is 24.3 Å². The molecule has 4 rings (SSSR count). The number of benzene rings is 3. The van der Waals surface area contributed by atoms with E-state index in [4.69, 9.17) is 28.2 Å². The van der Waals surface area contributed by atoms with Gasteiger partial charge in [0.25, 0.3) is 5.91 Å². The van der Waals surface area contributed by atoms with Crippen molar-refractivity contribution in [3.05, 3.63) is 99.5 Å².